The Morgan fingerprint density at radius 3 is 3.14 bits per heavy atom. The molecule has 1 aromatic heterocycles. The molecule has 14 heavy (non-hydrogen) atoms. The molecule has 1 fully saturated rings. The Kier molecular flexibility index (Phi) is 2.60. The molecule has 2 heterocycles. The number of hydrogen-bond donors (Lipinski definition) is 2. The Labute approximate surface area is 80.8 Å². The van der Waals surface area contributed by atoms with Gasteiger partial charge in [0.25, 0.3) is 0 Å². The highest BCUT2D eigenvalue weighted by molar-refractivity contribution is 5.04. The Hall–Kier alpha value is -1.20. The average molecular weight is 196 g/mol. The molecule has 76 valence electrons. The second-order valence-electron chi connectivity index (χ2n) is 3.34. The first-order valence-electron chi connectivity index (χ1n) is 4.61. The molecule has 0 saturated carbocycles. The summed E-state index contributed by atoms with van der Waals surface area (Å²) < 4.78 is 5.50. The van der Waals surface area contributed by atoms with Gasteiger partial charge in [0, 0.05) is 6.20 Å². The summed E-state index contributed by atoms with van der Waals surface area (Å²) >= 11 is 0. The first kappa shape index (κ1) is 9.36. The fourth-order valence-corrected chi connectivity index (χ4v) is 1.64. The number of nitrogens with one attached hydrogen (secondary N) is 1. The predicted molar refractivity (Wildman–Crippen MR) is 48.8 cm³/mol. The molecule has 0 bridgehead atoms. The van der Waals surface area contributed by atoms with Crippen molar-refractivity contribution in [3.8, 4) is 0 Å². The van der Waals surface area contributed by atoms with E-state index < -0.39 is 0 Å². The number of aromatic amines is 1. The first-order chi connectivity index (χ1) is 6.79. The first-order valence-corrected chi connectivity index (χ1v) is 4.61. The van der Waals surface area contributed by atoms with Crippen molar-refractivity contribution in [2.24, 2.45) is 0 Å². The monoisotopic (exact) mass is 196 g/mol. The van der Waals surface area contributed by atoms with Gasteiger partial charge in [-0.05, 0) is 18.9 Å². The maximum Gasteiger partial charge on any atom is 0.345 e. The Balaban J connectivity index is 2.13. The summed E-state index contributed by atoms with van der Waals surface area (Å²) in [5.74, 6) is 0. The van der Waals surface area contributed by atoms with Crippen molar-refractivity contribution in [2.75, 3.05) is 6.61 Å². The van der Waals surface area contributed by atoms with Crippen molar-refractivity contribution in [1.29, 1.82) is 0 Å². The van der Waals surface area contributed by atoms with Crippen molar-refractivity contribution in [2.45, 2.75) is 25.0 Å². The van der Waals surface area contributed by atoms with Crippen molar-refractivity contribution in [3.63, 3.8) is 0 Å². The van der Waals surface area contributed by atoms with Crippen LogP contribution in [0.1, 0.15) is 24.6 Å². The average Bonchev–Trinajstić information content (AvgIpc) is 2.66. The van der Waals surface area contributed by atoms with E-state index in [9.17, 15) is 4.79 Å². The zero-order chi connectivity index (χ0) is 9.97. The number of rotatable bonds is 2. The molecule has 0 radical (unpaired) electrons. The molecule has 5 nitrogen and oxygen atoms in total. The molecule has 1 aromatic rings. The highest BCUT2D eigenvalue weighted by atomic mass is 16.5. The van der Waals surface area contributed by atoms with Gasteiger partial charge in [-0.3, -0.25) is 0 Å². The van der Waals surface area contributed by atoms with Gasteiger partial charge in [-0.15, -0.1) is 0 Å². The highest BCUT2D eigenvalue weighted by Crippen LogP contribution is 2.30. The molecule has 1 saturated heterocycles. The van der Waals surface area contributed by atoms with Crippen LogP contribution in [0.15, 0.2) is 17.1 Å². The van der Waals surface area contributed by atoms with Gasteiger partial charge in [0.05, 0.1) is 24.5 Å². The molecule has 5 heteroatoms. The minimum atomic E-state index is -0.362. The Bertz CT molecular complexity index is 363. The minimum Gasteiger partial charge on any atom is -0.394 e. The number of hydrogen-bond acceptors (Lipinski definition) is 4. The summed E-state index contributed by atoms with van der Waals surface area (Å²) in [6.07, 6.45) is 2.90. The molecule has 2 atom stereocenters. The van der Waals surface area contributed by atoms with Gasteiger partial charge in [0.15, 0.2) is 0 Å². The lowest BCUT2D eigenvalue weighted by molar-refractivity contribution is 0.00908. The van der Waals surface area contributed by atoms with E-state index in [2.05, 4.69) is 9.97 Å². The number of ether oxygens (including phenoxy) is 1. The molecule has 0 spiro atoms. The summed E-state index contributed by atoms with van der Waals surface area (Å²) in [4.78, 5) is 17.1. The second kappa shape index (κ2) is 3.89. The molecule has 0 amide bonds. The maximum absolute atomic E-state index is 10.9. The fraction of sp³-hybridized carbons (Fsp3) is 0.556. The summed E-state index contributed by atoms with van der Waals surface area (Å²) in [5, 5.41) is 8.88. The van der Waals surface area contributed by atoms with Gasteiger partial charge in [0.1, 0.15) is 0 Å². The number of aliphatic hydroxyl groups excluding tert-OH is 1. The smallest absolute Gasteiger partial charge is 0.345 e. The van der Waals surface area contributed by atoms with Gasteiger partial charge in [-0.1, -0.05) is 0 Å². The summed E-state index contributed by atoms with van der Waals surface area (Å²) in [6, 6.07) is 1.73. The van der Waals surface area contributed by atoms with Crippen LogP contribution < -0.4 is 5.69 Å². The zero-order valence-electron chi connectivity index (χ0n) is 7.64. The fourth-order valence-electron chi connectivity index (χ4n) is 1.64. The van der Waals surface area contributed by atoms with E-state index in [0.717, 1.165) is 18.5 Å². The van der Waals surface area contributed by atoms with Crippen molar-refractivity contribution in [1.82, 2.24) is 9.97 Å². The van der Waals surface area contributed by atoms with E-state index in [1.54, 1.807) is 6.07 Å². The van der Waals surface area contributed by atoms with Crippen LogP contribution in [0.3, 0.4) is 0 Å². The normalized spacial score (nSPS) is 26.6. The quantitative estimate of drug-likeness (QED) is 0.697. The van der Waals surface area contributed by atoms with E-state index in [1.807, 2.05) is 0 Å². The Morgan fingerprint density at radius 2 is 2.50 bits per heavy atom. The van der Waals surface area contributed by atoms with Crippen LogP contribution in [0.2, 0.25) is 0 Å². The van der Waals surface area contributed by atoms with Gasteiger partial charge in [-0.25, -0.2) is 9.78 Å². The van der Waals surface area contributed by atoms with Gasteiger partial charge in [-0.2, -0.15) is 0 Å². The van der Waals surface area contributed by atoms with Crippen LogP contribution in [-0.4, -0.2) is 27.8 Å². The standard InChI is InChI=1S/C9H12N2O3/c12-5-6-1-2-8(14-6)7-3-4-10-9(13)11-7/h3-4,6,8,12H,1-2,5H2,(H,10,11,13)/t6-,8?/m0/s1. The van der Waals surface area contributed by atoms with E-state index in [4.69, 9.17) is 9.84 Å². The van der Waals surface area contributed by atoms with Crippen LogP contribution >= 0.6 is 0 Å². The third-order valence-corrected chi connectivity index (χ3v) is 2.36. The van der Waals surface area contributed by atoms with Crippen molar-refractivity contribution < 1.29 is 9.84 Å². The second-order valence-corrected chi connectivity index (χ2v) is 3.34. The number of aliphatic hydroxyl groups is 1. The lowest BCUT2D eigenvalue weighted by Crippen LogP contribution is -2.15. The minimum absolute atomic E-state index is 0.0335. The maximum atomic E-state index is 10.9. The van der Waals surface area contributed by atoms with E-state index >= 15 is 0 Å². The van der Waals surface area contributed by atoms with E-state index in [1.165, 1.54) is 6.20 Å². The summed E-state index contributed by atoms with van der Waals surface area (Å²) in [6.45, 7) is 0.0335. The van der Waals surface area contributed by atoms with Crippen LogP contribution in [0.5, 0.6) is 0 Å². The lowest BCUT2D eigenvalue weighted by Gasteiger charge is -2.11. The van der Waals surface area contributed by atoms with Gasteiger partial charge >= 0.3 is 5.69 Å². The molecule has 1 aliphatic rings. The third-order valence-electron chi connectivity index (χ3n) is 2.36. The predicted octanol–water partition coefficient (Wildman–Crippen LogP) is -0.0177. The summed E-state index contributed by atoms with van der Waals surface area (Å²) in [5.41, 5.74) is 0.375. The van der Waals surface area contributed by atoms with Crippen LogP contribution in [0.4, 0.5) is 0 Å². The highest BCUT2D eigenvalue weighted by Gasteiger charge is 2.26. The molecule has 0 aliphatic carbocycles. The number of nitrogens with zero attached hydrogens (tertiary/aromatic N) is 1. The largest absolute Gasteiger partial charge is 0.394 e. The van der Waals surface area contributed by atoms with Crippen LogP contribution in [0, 0.1) is 0 Å². The third kappa shape index (κ3) is 1.83. The van der Waals surface area contributed by atoms with E-state index in [-0.39, 0.29) is 24.5 Å². The molecule has 1 aliphatic heterocycles. The van der Waals surface area contributed by atoms with E-state index in [0.29, 0.717) is 0 Å². The molecular weight excluding hydrogens is 184 g/mol. The zero-order valence-corrected chi connectivity index (χ0v) is 7.64. The van der Waals surface area contributed by atoms with Crippen LogP contribution in [0.25, 0.3) is 0 Å². The lowest BCUT2D eigenvalue weighted by atomic mass is 10.1. The topological polar surface area (TPSA) is 75.2 Å². The van der Waals surface area contributed by atoms with Crippen molar-refractivity contribution >= 4 is 0 Å². The molecule has 1 unspecified atom stereocenters. The molecule has 2 rings (SSSR count). The SMILES string of the molecule is O=c1nccc(C2CC[C@@H](CO)O2)[nH]1. The Morgan fingerprint density at radius 1 is 1.64 bits per heavy atom. The van der Waals surface area contributed by atoms with Crippen molar-refractivity contribution in [3.05, 3.63) is 28.4 Å². The van der Waals surface area contributed by atoms with Gasteiger partial charge in [0.2, 0.25) is 0 Å². The summed E-state index contributed by atoms with van der Waals surface area (Å²) in [7, 11) is 0. The molecular formula is C9H12N2O3. The number of aromatic nitrogens is 2. The molecule has 2 N–H and O–H groups in total. The van der Waals surface area contributed by atoms with Crippen LogP contribution in [-0.2, 0) is 4.74 Å². The van der Waals surface area contributed by atoms with Gasteiger partial charge < -0.3 is 14.8 Å². The molecule has 0 aromatic carbocycles. The number of H-pyrrole nitrogens is 1.